The standard InChI is InChI=1S/C12H13ClN2O2/c1-17-12(16)14-8-4-2-3-5-10-6-7-11(13)15-9-10/h2-7,9H,8H2,1H3,(H,14,16)/b4-2+,5-3+. The van der Waals surface area contributed by atoms with Crippen LogP contribution in [0.1, 0.15) is 5.56 Å². The van der Waals surface area contributed by atoms with Crippen molar-refractivity contribution in [3.8, 4) is 0 Å². The minimum atomic E-state index is -0.444. The van der Waals surface area contributed by atoms with Gasteiger partial charge in [-0.25, -0.2) is 9.78 Å². The van der Waals surface area contributed by atoms with Crippen LogP contribution in [-0.4, -0.2) is 24.7 Å². The molecular weight excluding hydrogens is 240 g/mol. The summed E-state index contributed by atoms with van der Waals surface area (Å²) in [5.41, 5.74) is 0.958. The van der Waals surface area contributed by atoms with Gasteiger partial charge in [-0.05, 0) is 11.6 Å². The van der Waals surface area contributed by atoms with E-state index in [1.165, 1.54) is 7.11 Å². The number of hydrogen-bond donors (Lipinski definition) is 1. The molecule has 0 saturated heterocycles. The molecule has 0 bridgehead atoms. The van der Waals surface area contributed by atoms with Gasteiger partial charge in [-0.2, -0.15) is 0 Å². The number of aromatic nitrogens is 1. The van der Waals surface area contributed by atoms with Crippen molar-refractivity contribution in [1.82, 2.24) is 10.3 Å². The molecule has 1 aromatic rings. The Morgan fingerprint density at radius 1 is 1.53 bits per heavy atom. The fourth-order valence-corrected chi connectivity index (χ4v) is 1.13. The third-order valence-corrected chi connectivity index (χ3v) is 2.06. The van der Waals surface area contributed by atoms with Crippen LogP contribution in [0.3, 0.4) is 0 Å². The van der Waals surface area contributed by atoms with E-state index in [4.69, 9.17) is 11.6 Å². The second-order valence-electron chi connectivity index (χ2n) is 3.07. The van der Waals surface area contributed by atoms with Gasteiger partial charge in [0.05, 0.1) is 7.11 Å². The van der Waals surface area contributed by atoms with Crippen LogP contribution in [-0.2, 0) is 4.74 Å². The number of allylic oxidation sites excluding steroid dienone is 2. The fraction of sp³-hybridized carbons (Fsp3) is 0.167. The Labute approximate surface area is 105 Å². The van der Waals surface area contributed by atoms with Gasteiger partial charge in [0.15, 0.2) is 0 Å². The summed E-state index contributed by atoms with van der Waals surface area (Å²) in [6, 6.07) is 3.59. The predicted molar refractivity (Wildman–Crippen MR) is 67.8 cm³/mol. The molecular formula is C12H13ClN2O2. The molecule has 4 nitrogen and oxygen atoms in total. The molecule has 0 spiro atoms. The molecule has 0 aliphatic rings. The van der Waals surface area contributed by atoms with E-state index in [1.54, 1.807) is 18.3 Å². The van der Waals surface area contributed by atoms with E-state index < -0.39 is 6.09 Å². The first-order chi connectivity index (χ1) is 8.22. The number of carbonyl (C=O) groups is 1. The zero-order valence-corrected chi connectivity index (χ0v) is 10.1. The highest BCUT2D eigenvalue weighted by atomic mass is 35.5. The lowest BCUT2D eigenvalue weighted by molar-refractivity contribution is 0.172. The number of alkyl carbamates (subject to hydrolysis) is 1. The average molecular weight is 253 g/mol. The van der Waals surface area contributed by atoms with Crippen LogP contribution in [0, 0.1) is 0 Å². The van der Waals surface area contributed by atoms with Gasteiger partial charge in [0, 0.05) is 12.7 Å². The Bertz CT molecular complexity index is 413. The minimum Gasteiger partial charge on any atom is -0.453 e. The molecule has 1 rings (SSSR count). The number of pyridine rings is 1. The predicted octanol–water partition coefficient (Wildman–Crippen LogP) is 2.66. The van der Waals surface area contributed by atoms with Crippen molar-refractivity contribution in [1.29, 1.82) is 0 Å². The quantitative estimate of drug-likeness (QED) is 0.662. The summed E-state index contributed by atoms with van der Waals surface area (Å²) in [4.78, 5) is 14.6. The second kappa shape index (κ2) is 7.46. The lowest BCUT2D eigenvalue weighted by atomic mass is 10.2. The topological polar surface area (TPSA) is 51.2 Å². The lowest BCUT2D eigenvalue weighted by Crippen LogP contribution is -2.22. The van der Waals surface area contributed by atoms with E-state index in [9.17, 15) is 4.79 Å². The van der Waals surface area contributed by atoms with Crippen molar-refractivity contribution in [2.75, 3.05) is 13.7 Å². The summed E-state index contributed by atoms with van der Waals surface area (Å²) in [5, 5.41) is 3.00. The molecule has 1 amide bonds. The molecule has 0 aliphatic carbocycles. The Kier molecular flexibility index (Phi) is 5.82. The maximum absolute atomic E-state index is 10.7. The molecule has 0 saturated carbocycles. The maximum atomic E-state index is 10.7. The van der Waals surface area contributed by atoms with Gasteiger partial charge in [0.25, 0.3) is 0 Å². The monoisotopic (exact) mass is 252 g/mol. The van der Waals surface area contributed by atoms with Crippen molar-refractivity contribution in [2.24, 2.45) is 0 Å². The summed E-state index contributed by atoms with van der Waals surface area (Å²) in [6.07, 6.45) is 8.60. The van der Waals surface area contributed by atoms with Gasteiger partial charge >= 0.3 is 6.09 Å². The molecule has 0 fully saturated rings. The largest absolute Gasteiger partial charge is 0.453 e. The molecule has 0 atom stereocenters. The summed E-state index contributed by atoms with van der Waals surface area (Å²) in [5.74, 6) is 0. The van der Waals surface area contributed by atoms with Crippen LogP contribution in [0.2, 0.25) is 5.15 Å². The third kappa shape index (κ3) is 5.73. The van der Waals surface area contributed by atoms with E-state index >= 15 is 0 Å². The first-order valence-electron chi connectivity index (χ1n) is 4.99. The van der Waals surface area contributed by atoms with Gasteiger partial charge in [0.1, 0.15) is 5.15 Å². The molecule has 0 unspecified atom stereocenters. The van der Waals surface area contributed by atoms with Crippen molar-refractivity contribution in [3.05, 3.63) is 47.3 Å². The highest BCUT2D eigenvalue weighted by Crippen LogP contribution is 2.06. The number of nitrogens with zero attached hydrogens (tertiary/aromatic N) is 1. The number of nitrogens with one attached hydrogen (secondary N) is 1. The van der Waals surface area contributed by atoms with Gasteiger partial charge in [-0.15, -0.1) is 0 Å². The molecule has 1 aromatic heterocycles. The van der Waals surface area contributed by atoms with Crippen LogP contribution >= 0.6 is 11.6 Å². The molecule has 0 radical (unpaired) electrons. The number of carbonyl (C=O) groups excluding carboxylic acids is 1. The highest BCUT2D eigenvalue weighted by molar-refractivity contribution is 6.29. The minimum absolute atomic E-state index is 0.426. The van der Waals surface area contributed by atoms with Gasteiger partial charge in [-0.1, -0.05) is 42.0 Å². The second-order valence-corrected chi connectivity index (χ2v) is 3.46. The Morgan fingerprint density at radius 2 is 2.35 bits per heavy atom. The van der Waals surface area contributed by atoms with Gasteiger partial charge in [0.2, 0.25) is 0 Å². The van der Waals surface area contributed by atoms with Crippen LogP contribution in [0.5, 0.6) is 0 Å². The zero-order chi connectivity index (χ0) is 12.5. The number of amides is 1. The Morgan fingerprint density at radius 3 is 3.00 bits per heavy atom. The van der Waals surface area contributed by atoms with E-state index in [1.807, 2.05) is 24.3 Å². The van der Waals surface area contributed by atoms with E-state index in [0.717, 1.165) is 5.56 Å². The molecule has 5 heteroatoms. The van der Waals surface area contributed by atoms with Crippen LogP contribution in [0.15, 0.2) is 36.6 Å². The smallest absolute Gasteiger partial charge is 0.407 e. The van der Waals surface area contributed by atoms with Crippen molar-refractivity contribution in [2.45, 2.75) is 0 Å². The Hall–Kier alpha value is -1.81. The Balaban J connectivity index is 2.32. The molecule has 0 aromatic carbocycles. The normalized spacial score (nSPS) is 10.9. The average Bonchev–Trinajstić information content (AvgIpc) is 2.35. The maximum Gasteiger partial charge on any atom is 0.407 e. The van der Waals surface area contributed by atoms with Crippen molar-refractivity contribution in [3.63, 3.8) is 0 Å². The summed E-state index contributed by atoms with van der Waals surface area (Å²) in [6.45, 7) is 0.426. The summed E-state index contributed by atoms with van der Waals surface area (Å²) in [7, 11) is 1.33. The molecule has 1 N–H and O–H groups in total. The van der Waals surface area contributed by atoms with Crippen molar-refractivity contribution >= 4 is 23.8 Å². The molecule has 1 heterocycles. The lowest BCUT2D eigenvalue weighted by Gasteiger charge is -1.97. The number of rotatable bonds is 4. The molecule has 0 aliphatic heterocycles. The third-order valence-electron chi connectivity index (χ3n) is 1.84. The summed E-state index contributed by atoms with van der Waals surface area (Å²) < 4.78 is 4.41. The van der Waals surface area contributed by atoms with Crippen molar-refractivity contribution < 1.29 is 9.53 Å². The van der Waals surface area contributed by atoms with E-state index in [0.29, 0.717) is 11.7 Å². The van der Waals surface area contributed by atoms with Gasteiger partial charge < -0.3 is 10.1 Å². The van der Waals surface area contributed by atoms with Crippen LogP contribution < -0.4 is 5.32 Å². The summed E-state index contributed by atoms with van der Waals surface area (Å²) >= 11 is 5.66. The number of hydrogen-bond acceptors (Lipinski definition) is 3. The van der Waals surface area contributed by atoms with Crippen LogP contribution in [0.4, 0.5) is 4.79 Å². The first-order valence-corrected chi connectivity index (χ1v) is 5.37. The fourth-order valence-electron chi connectivity index (χ4n) is 1.01. The van der Waals surface area contributed by atoms with Gasteiger partial charge in [-0.3, -0.25) is 0 Å². The molecule has 17 heavy (non-hydrogen) atoms. The van der Waals surface area contributed by atoms with E-state index in [-0.39, 0.29) is 0 Å². The van der Waals surface area contributed by atoms with Crippen LogP contribution in [0.25, 0.3) is 6.08 Å². The number of halogens is 1. The zero-order valence-electron chi connectivity index (χ0n) is 9.39. The first kappa shape index (κ1) is 13.3. The van der Waals surface area contributed by atoms with E-state index in [2.05, 4.69) is 15.0 Å². The molecule has 90 valence electrons. The number of ether oxygens (including phenoxy) is 1. The SMILES string of the molecule is COC(=O)NC/C=C/C=C/c1ccc(Cl)nc1. The highest BCUT2D eigenvalue weighted by Gasteiger charge is 1.91. The number of methoxy groups -OCH3 is 1.